The minimum atomic E-state index is -3.88. The molecular weight excluding hydrogens is 501 g/mol. The fraction of sp³-hybridized carbons (Fsp3) is 0.391. The minimum absolute atomic E-state index is 0.0829. The van der Waals surface area contributed by atoms with Crippen molar-refractivity contribution in [2.24, 2.45) is 0 Å². The first-order valence-electron chi connectivity index (χ1n) is 10.6. The Morgan fingerprint density at radius 2 is 1.74 bits per heavy atom. The van der Waals surface area contributed by atoms with Crippen LogP contribution in [0.15, 0.2) is 42.5 Å². The molecule has 2 rings (SSSR count). The molecule has 0 heterocycles. The van der Waals surface area contributed by atoms with E-state index in [0.717, 1.165) is 16.1 Å². The number of methoxy groups -OCH3 is 1. The predicted molar refractivity (Wildman–Crippen MR) is 135 cm³/mol. The van der Waals surface area contributed by atoms with Crippen molar-refractivity contribution in [3.63, 3.8) is 0 Å². The van der Waals surface area contributed by atoms with Crippen LogP contribution in [-0.4, -0.2) is 57.6 Å². The Morgan fingerprint density at radius 1 is 1.09 bits per heavy atom. The van der Waals surface area contributed by atoms with Gasteiger partial charge in [0.1, 0.15) is 18.3 Å². The number of ether oxygens (including phenoxy) is 1. The molecule has 1 atom stereocenters. The first-order valence-corrected chi connectivity index (χ1v) is 13.2. The smallest absolute Gasteiger partial charge is 0.244 e. The molecule has 0 aliphatic rings. The molecule has 11 heteroatoms. The summed E-state index contributed by atoms with van der Waals surface area (Å²) >= 11 is 12.1. The summed E-state index contributed by atoms with van der Waals surface area (Å²) in [4.78, 5) is 27.7. The molecule has 186 valence electrons. The highest BCUT2D eigenvalue weighted by molar-refractivity contribution is 7.92. The SMILES string of the molecule is CCNC(=O)[C@@H](CC)N(Cc1cccc(OC)c1)C(=O)CN(c1cc(Cl)cc(Cl)c1)S(C)(=O)=O. The lowest BCUT2D eigenvalue weighted by molar-refractivity contribution is -0.140. The Bertz CT molecular complexity index is 1110. The van der Waals surface area contributed by atoms with Gasteiger partial charge in [-0.3, -0.25) is 13.9 Å². The van der Waals surface area contributed by atoms with Gasteiger partial charge in [0, 0.05) is 23.1 Å². The summed E-state index contributed by atoms with van der Waals surface area (Å²) in [5.41, 5.74) is 0.882. The fourth-order valence-electron chi connectivity index (χ4n) is 3.48. The van der Waals surface area contributed by atoms with E-state index in [1.54, 1.807) is 38.1 Å². The van der Waals surface area contributed by atoms with Gasteiger partial charge >= 0.3 is 0 Å². The van der Waals surface area contributed by atoms with Gasteiger partial charge in [0.05, 0.1) is 19.1 Å². The maximum atomic E-state index is 13.6. The van der Waals surface area contributed by atoms with Gasteiger partial charge in [0.15, 0.2) is 0 Å². The normalized spacial score (nSPS) is 12.1. The van der Waals surface area contributed by atoms with Gasteiger partial charge in [0.25, 0.3) is 0 Å². The number of rotatable bonds is 11. The highest BCUT2D eigenvalue weighted by Crippen LogP contribution is 2.27. The Labute approximate surface area is 210 Å². The van der Waals surface area contributed by atoms with Crippen LogP contribution in [-0.2, 0) is 26.2 Å². The monoisotopic (exact) mass is 529 g/mol. The third kappa shape index (κ3) is 7.51. The molecule has 0 bridgehead atoms. The quantitative estimate of drug-likeness (QED) is 0.478. The highest BCUT2D eigenvalue weighted by atomic mass is 35.5. The third-order valence-corrected chi connectivity index (χ3v) is 6.62. The zero-order chi connectivity index (χ0) is 25.5. The Hall–Kier alpha value is -2.49. The van der Waals surface area contributed by atoms with E-state index in [1.807, 2.05) is 0 Å². The number of sulfonamides is 1. The summed E-state index contributed by atoms with van der Waals surface area (Å²) in [5, 5.41) is 3.20. The van der Waals surface area contributed by atoms with Crippen molar-refractivity contribution in [2.75, 3.05) is 30.8 Å². The number of carbonyl (C=O) groups is 2. The van der Waals surface area contributed by atoms with Crippen LogP contribution in [0.4, 0.5) is 5.69 Å². The van der Waals surface area contributed by atoms with Crippen molar-refractivity contribution >= 4 is 50.7 Å². The Morgan fingerprint density at radius 3 is 2.26 bits per heavy atom. The van der Waals surface area contributed by atoms with Crippen LogP contribution >= 0.6 is 23.2 Å². The maximum absolute atomic E-state index is 13.6. The number of likely N-dealkylation sites (N-methyl/N-ethyl adjacent to an activating group) is 1. The van der Waals surface area contributed by atoms with Crippen LogP contribution in [0.5, 0.6) is 5.75 Å². The number of anilines is 1. The lowest BCUT2D eigenvalue weighted by atomic mass is 10.1. The Balaban J connectivity index is 2.47. The number of amides is 2. The average Bonchev–Trinajstić information content (AvgIpc) is 2.76. The predicted octanol–water partition coefficient (Wildman–Crippen LogP) is 3.71. The van der Waals surface area contributed by atoms with Crippen molar-refractivity contribution < 1.29 is 22.7 Å². The van der Waals surface area contributed by atoms with Gasteiger partial charge in [-0.2, -0.15) is 0 Å². The molecule has 2 amide bonds. The summed E-state index contributed by atoms with van der Waals surface area (Å²) in [7, 11) is -2.35. The summed E-state index contributed by atoms with van der Waals surface area (Å²) in [6, 6.07) is 10.6. The van der Waals surface area contributed by atoms with E-state index in [2.05, 4.69) is 5.32 Å². The number of carbonyl (C=O) groups excluding carboxylic acids is 2. The van der Waals surface area contributed by atoms with E-state index in [9.17, 15) is 18.0 Å². The molecule has 0 spiro atoms. The second kappa shape index (κ2) is 12.3. The van der Waals surface area contributed by atoms with E-state index in [4.69, 9.17) is 27.9 Å². The van der Waals surface area contributed by atoms with Gasteiger partial charge in [-0.05, 0) is 49.2 Å². The summed E-state index contributed by atoms with van der Waals surface area (Å²) in [6.07, 6.45) is 1.33. The molecule has 8 nitrogen and oxygen atoms in total. The zero-order valence-electron chi connectivity index (χ0n) is 19.5. The van der Waals surface area contributed by atoms with Crippen LogP contribution in [0.25, 0.3) is 0 Å². The van der Waals surface area contributed by atoms with Crippen LogP contribution in [0.3, 0.4) is 0 Å². The first kappa shape index (κ1) is 27.8. The van der Waals surface area contributed by atoms with Gasteiger partial charge in [-0.1, -0.05) is 42.3 Å². The molecule has 0 aliphatic carbocycles. The lowest BCUT2D eigenvalue weighted by Crippen LogP contribution is -2.52. The van der Waals surface area contributed by atoms with E-state index >= 15 is 0 Å². The summed E-state index contributed by atoms with van der Waals surface area (Å²) < 4.78 is 31.4. The van der Waals surface area contributed by atoms with E-state index < -0.39 is 28.5 Å². The van der Waals surface area contributed by atoms with E-state index in [-0.39, 0.29) is 28.2 Å². The molecule has 1 N–H and O–H groups in total. The fourth-order valence-corrected chi connectivity index (χ4v) is 4.82. The van der Waals surface area contributed by atoms with Crippen LogP contribution in [0.1, 0.15) is 25.8 Å². The highest BCUT2D eigenvalue weighted by Gasteiger charge is 2.31. The molecule has 0 unspecified atom stereocenters. The van der Waals surface area contributed by atoms with Gasteiger partial charge in [0.2, 0.25) is 21.8 Å². The van der Waals surface area contributed by atoms with Crippen LogP contribution in [0.2, 0.25) is 10.0 Å². The van der Waals surface area contributed by atoms with Crippen LogP contribution < -0.4 is 14.4 Å². The number of halogens is 2. The molecule has 2 aromatic carbocycles. The molecule has 34 heavy (non-hydrogen) atoms. The maximum Gasteiger partial charge on any atom is 0.244 e. The van der Waals surface area contributed by atoms with Crippen molar-refractivity contribution in [3.8, 4) is 5.75 Å². The molecule has 0 radical (unpaired) electrons. The molecule has 2 aromatic rings. The first-order chi connectivity index (χ1) is 16.0. The minimum Gasteiger partial charge on any atom is -0.497 e. The number of benzene rings is 2. The van der Waals surface area contributed by atoms with E-state index in [1.165, 1.54) is 30.2 Å². The molecule has 0 saturated carbocycles. The number of hydrogen-bond acceptors (Lipinski definition) is 5. The van der Waals surface area contributed by atoms with Crippen molar-refractivity contribution in [1.82, 2.24) is 10.2 Å². The second-order valence-corrected chi connectivity index (χ2v) is 10.4. The second-order valence-electron chi connectivity index (χ2n) is 7.59. The van der Waals surface area contributed by atoms with Crippen molar-refractivity contribution in [2.45, 2.75) is 32.9 Å². The summed E-state index contributed by atoms with van der Waals surface area (Å²) in [5.74, 6) is -0.275. The van der Waals surface area contributed by atoms with Gasteiger partial charge < -0.3 is 15.0 Å². The number of nitrogens with zero attached hydrogens (tertiary/aromatic N) is 2. The van der Waals surface area contributed by atoms with Crippen molar-refractivity contribution in [3.05, 3.63) is 58.1 Å². The molecule has 0 aromatic heterocycles. The lowest BCUT2D eigenvalue weighted by Gasteiger charge is -2.33. The molecule has 0 aliphatic heterocycles. The third-order valence-electron chi connectivity index (χ3n) is 5.04. The number of hydrogen-bond donors (Lipinski definition) is 1. The molecule has 0 saturated heterocycles. The topological polar surface area (TPSA) is 96.0 Å². The van der Waals surface area contributed by atoms with E-state index in [0.29, 0.717) is 18.7 Å². The van der Waals surface area contributed by atoms with Gasteiger partial charge in [-0.15, -0.1) is 0 Å². The summed E-state index contributed by atoms with van der Waals surface area (Å²) in [6.45, 7) is 3.52. The average molecular weight is 530 g/mol. The van der Waals surface area contributed by atoms with Crippen molar-refractivity contribution in [1.29, 1.82) is 0 Å². The molecule has 0 fully saturated rings. The van der Waals surface area contributed by atoms with Gasteiger partial charge in [-0.25, -0.2) is 8.42 Å². The molecular formula is C23H29Cl2N3O5S. The zero-order valence-corrected chi connectivity index (χ0v) is 21.9. The standard InChI is InChI=1S/C23H29Cl2N3O5S/c1-5-21(23(30)26-6-2)27(14-16-8-7-9-20(10-16)33-3)22(29)15-28(34(4,31)32)19-12-17(24)11-18(25)13-19/h7-13,21H,5-6,14-15H2,1-4H3,(H,26,30)/t21-/m1/s1. The largest absolute Gasteiger partial charge is 0.497 e. The number of nitrogens with one attached hydrogen (secondary N) is 1. The van der Waals surface area contributed by atoms with Crippen LogP contribution in [0, 0.1) is 0 Å². The Kier molecular flexibility index (Phi) is 10.0.